The zero-order valence-electron chi connectivity index (χ0n) is 10.3. The Labute approximate surface area is 94.2 Å². The zero-order valence-corrected chi connectivity index (χ0v) is 10.3. The van der Waals surface area contributed by atoms with Gasteiger partial charge >= 0.3 is 0 Å². The number of hydrogen-bond acceptors (Lipinski definition) is 2. The molecule has 2 atom stereocenters. The first-order valence-corrected chi connectivity index (χ1v) is 6.56. The fraction of sp³-hybridized carbons (Fsp3) is 1.00. The Morgan fingerprint density at radius 2 is 2.07 bits per heavy atom. The summed E-state index contributed by atoms with van der Waals surface area (Å²) in [7, 11) is 2.28. The van der Waals surface area contributed by atoms with Crippen LogP contribution in [-0.4, -0.2) is 31.6 Å². The molecule has 2 fully saturated rings. The molecule has 1 aliphatic carbocycles. The minimum atomic E-state index is 0.631. The van der Waals surface area contributed by atoms with Gasteiger partial charge in [-0.1, -0.05) is 19.8 Å². The molecule has 1 aliphatic heterocycles. The van der Waals surface area contributed by atoms with E-state index in [0.717, 1.165) is 18.4 Å². The van der Waals surface area contributed by atoms with Crippen molar-refractivity contribution in [2.24, 2.45) is 23.0 Å². The second-order valence-electron chi connectivity index (χ2n) is 5.92. The predicted octanol–water partition coefficient (Wildman–Crippen LogP) is 2.09. The molecule has 2 N–H and O–H groups in total. The van der Waals surface area contributed by atoms with Crippen LogP contribution in [-0.2, 0) is 0 Å². The molecule has 2 rings (SSSR count). The van der Waals surface area contributed by atoms with Gasteiger partial charge in [-0.2, -0.15) is 0 Å². The maximum absolute atomic E-state index is 5.87. The molecule has 1 heterocycles. The SMILES string of the molecule is CC(CN)C1CCN(C)CC12CCCC2. The first-order valence-electron chi connectivity index (χ1n) is 6.56. The number of nitrogens with zero attached hydrogens (tertiary/aromatic N) is 1. The van der Waals surface area contributed by atoms with Gasteiger partial charge in [0.15, 0.2) is 0 Å². The van der Waals surface area contributed by atoms with Crippen LogP contribution in [0.3, 0.4) is 0 Å². The minimum Gasteiger partial charge on any atom is -0.330 e. The molecule has 1 saturated heterocycles. The van der Waals surface area contributed by atoms with Crippen molar-refractivity contribution >= 4 is 0 Å². The molecule has 15 heavy (non-hydrogen) atoms. The maximum Gasteiger partial charge on any atom is 0.00377 e. The van der Waals surface area contributed by atoms with E-state index in [0.29, 0.717) is 5.41 Å². The molecule has 2 aliphatic rings. The lowest BCUT2D eigenvalue weighted by molar-refractivity contribution is 0.0165. The lowest BCUT2D eigenvalue weighted by Crippen LogP contribution is -2.49. The van der Waals surface area contributed by atoms with E-state index < -0.39 is 0 Å². The van der Waals surface area contributed by atoms with Crippen LogP contribution in [0.4, 0.5) is 0 Å². The fourth-order valence-electron chi connectivity index (χ4n) is 4.06. The third-order valence-electron chi connectivity index (χ3n) is 4.85. The Bertz CT molecular complexity index is 209. The van der Waals surface area contributed by atoms with Crippen LogP contribution in [0.1, 0.15) is 39.0 Å². The Morgan fingerprint density at radius 3 is 2.67 bits per heavy atom. The van der Waals surface area contributed by atoms with E-state index in [9.17, 15) is 0 Å². The third-order valence-corrected chi connectivity index (χ3v) is 4.85. The average molecular weight is 210 g/mol. The summed E-state index contributed by atoms with van der Waals surface area (Å²) in [6.45, 7) is 5.82. The monoisotopic (exact) mass is 210 g/mol. The van der Waals surface area contributed by atoms with Crippen LogP contribution in [0.5, 0.6) is 0 Å². The molecule has 88 valence electrons. The number of likely N-dealkylation sites (tertiary alicyclic amines) is 1. The molecule has 2 nitrogen and oxygen atoms in total. The first-order chi connectivity index (χ1) is 7.18. The summed E-state index contributed by atoms with van der Waals surface area (Å²) in [6, 6.07) is 0. The zero-order chi connectivity index (χ0) is 10.9. The van der Waals surface area contributed by atoms with Crippen LogP contribution < -0.4 is 5.73 Å². The van der Waals surface area contributed by atoms with Gasteiger partial charge in [0.05, 0.1) is 0 Å². The van der Waals surface area contributed by atoms with Gasteiger partial charge in [0, 0.05) is 6.54 Å². The molecule has 1 spiro atoms. The van der Waals surface area contributed by atoms with Crippen molar-refractivity contribution in [3.63, 3.8) is 0 Å². The number of piperidine rings is 1. The molecular weight excluding hydrogens is 184 g/mol. The van der Waals surface area contributed by atoms with Gasteiger partial charge in [0.1, 0.15) is 0 Å². The summed E-state index contributed by atoms with van der Waals surface area (Å²) in [5.74, 6) is 1.61. The molecule has 0 radical (unpaired) electrons. The lowest BCUT2D eigenvalue weighted by atomic mass is 9.65. The Kier molecular flexibility index (Phi) is 3.36. The Hall–Kier alpha value is -0.0800. The van der Waals surface area contributed by atoms with Gasteiger partial charge < -0.3 is 10.6 Å². The Morgan fingerprint density at radius 1 is 1.40 bits per heavy atom. The van der Waals surface area contributed by atoms with Crippen molar-refractivity contribution in [2.75, 3.05) is 26.7 Å². The summed E-state index contributed by atoms with van der Waals surface area (Å²) < 4.78 is 0. The molecule has 0 aromatic carbocycles. The summed E-state index contributed by atoms with van der Waals surface area (Å²) in [6.07, 6.45) is 7.16. The van der Waals surface area contributed by atoms with Crippen molar-refractivity contribution in [1.29, 1.82) is 0 Å². The average Bonchev–Trinajstić information content (AvgIpc) is 2.66. The maximum atomic E-state index is 5.87. The van der Waals surface area contributed by atoms with Gasteiger partial charge in [0.25, 0.3) is 0 Å². The minimum absolute atomic E-state index is 0.631. The van der Waals surface area contributed by atoms with Gasteiger partial charge in [-0.3, -0.25) is 0 Å². The van der Waals surface area contributed by atoms with E-state index in [2.05, 4.69) is 18.9 Å². The summed E-state index contributed by atoms with van der Waals surface area (Å²) >= 11 is 0. The van der Waals surface area contributed by atoms with E-state index in [4.69, 9.17) is 5.73 Å². The van der Waals surface area contributed by atoms with E-state index >= 15 is 0 Å². The second kappa shape index (κ2) is 4.42. The van der Waals surface area contributed by atoms with Crippen molar-refractivity contribution < 1.29 is 0 Å². The molecule has 2 heteroatoms. The molecule has 0 bridgehead atoms. The number of hydrogen-bond donors (Lipinski definition) is 1. The molecule has 0 aromatic heterocycles. The highest BCUT2D eigenvalue weighted by molar-refractivity contribution is 4.97. The topological polar surface area (TPSA) is 29.3 Å². The third kappa shape index (κ3) is 2.07. The lowest BCUT2D eigenvalue weighted by Gasteiger charge is -2.48. The van der Waals surface area contributed by atoms with Crippen LogP contribution in [0.15, 0.2) is 0 Å². The smallest absolute Gasteiger partial charge is 0.00377 e. The molecule has 0 amide bonds. The quantitative estimate of drug-likeness (QED) is 0.756. The van der Waals surface area contributed by atoms with Crippen LogP contribution in [0, 0.1) is 17.3 Å². The first kappa shape index (κ1) is 11.4. The molecule has 0 aromatic rings. The summed E-state index contributed by atoms with van der Waals surface area (Å²) in [5, 5.41) is 0. The van der Waals surface area contributed by atoms with Gasteiger partial charge in [0.2, 0.25) is 0 Å². The highest BCUT2D eigenvalue weighted by Crippen LogP contribution is 2.50. The molecule has 1 saturated carbocycles. The highest BCUT2D eigenvalue weighted by atomic mass is 15.1. The standard InChI is InChI=1S/C13H26N2/c1-11(9-14)12-5-8-15(2)10-13(12)6-3-4-7-13/h11-12H,3-10,14H2,1-2H3. The summed E-state index contributed by atoms with van der Waals surface area (Å²) in [5.41, 5.74) is 6.51. The van der Waals surface area contributed by atoms with Crippen LogP contribution in [0.2, 0.25) is 0 Å². The number of nitrogens with two attached hydrogens (primary N) is 1. The van der Waals surface area contributed by atoms with Gasteiger partial charge in [-0.15, -0.1) is 0 Å². The summed E-state index contributed by atoms with van der Waals surface area (Å²) in [4.78, 5) is 2.53. The van der Waals surface area contributed by atoms with E-state index in [1.807, 2.05) is 0 Å². The van der Waals surface area contributed by atoms with Gasteiger partial charge in [-0.25, -0.2) is 0 Å². The van der Waals surface area contributed by atoms with E-state index in [1.54, 1.807) is 0 Å². The number of rotatable bonds is 2. The van der Waals surface area contributed by atoms with Crippen LogP contribution in [0.25, 0.3) is 0 Å². The molecule has 2 unspecified atom stereocenters. The largest absolute Gasteiger partial charge is 0.330 e. The molecular formula is C13H26N2. The fourth-order valence-corrected chi connectivity index (χ4v) is 4.06. The normalized spacial score (nSPS) is 33.4. The Balaban J connectivity index is 2.13. The van der Waals surface area contributed by atoms with E-state index in [1.165, 1.54) is 45.2 Å². The predicted molar refractivity (Wildman–Crippen MR) is 64.7 cm³/mol. The second-order valence-corrected chi connectivity index (χ2v) is 5.92. The van der Waals surface area contributed by atoms with Crippen LogP contribution >= 0.6 is 0 Å². The van der Waals surface area contributed by atoms with Crippen molar-refractivity contribution in [3.05, 3.63) is 0 Å². The van der Waals surface area contributed by atoms with Crippen molar-refractivity contribution in [1.82, 2.24) is 4.90 Å². The van der Waals surface area contributed by atoms with Crippen molar-refractivity contribution in [3.8, 4) is 0 Å². The van der Waals surface area contributed by atoms with Gasteiger partial charge in [-0.05, 0) is 56.7 Å². The van der Waals surface area contributed by atoms with E-state index in [-0.39, 0.29) is 0 Å². The van der Waals surface area contributed by atoms with Crippen molar-refractivity contribution in [2.45, 2.75) is 39.0 Å². The highest BCUT2D eigenvalue weighted by Gasteiger charge is 2.45.